The molecule has 4 aromatic heterocycles. The Bertz CT molecular complexity index is 1120. The van der Waals surface area contributed by atoms with Crippen molar-refractivity contribution in [2.24, 2.45) is 0 Å². The first-order chi connectivity index (χ1) is 13.8. The van der Waals surface area contributed by atoms with E-state index in [1.165, 1.54) is 15.3 Å². The van der Waals surface area contributed by atoms with Crippen LogP contribution in [0.15, 0.2) is 51.8 Å². The van der Waals surface area contributed by atoms with Crippen LogP contribution in [-0.2, 0) is 19.6 Å². The van der Waals surface area contributed by atoms with Gasteiger partial charge in [0.1, 0.15) is 0 Å². The van der Waals surface area contributed by atoms with E-state index in [0.29, 0.717) is 6.67 Å². The molecule has 1 atom stereocenters. The van der Waals surface area contributed by atoms with Gasteiger partial charge in [-0.2, -0.15) is 0 Å². The second-order valence-electron chi connectivity index (χ2n) is 6.75. The molecule has 0 spiro atoms. The lowest BCUT2D eigenvalue weighted by Gasteiger charge is -2.35. The van der Waals surface area contributed by atoms with E-state index < -0.39 is 0 Å². The van der Waals surface area contributed by atoms with Gasteiger partial charge in [0.2, 0.25) is 0 Å². The van der Waals surface area contributed by atoms with Crippen molar-refractivity contribution >= 4 is 34.9 Å². The number of hydrogen-bond donors (Lipinski definition) is 0. The van der Waals surface area contributed by atoms with Crippen LogP contribution < -0.4 is 0 Å². The normalized spacial score (nSPS) is 17.1. The Morgan fingerprint density at radius 3 is 2.89 bits per heavy atom. The molecule has 0 radical (unpaired) electrons. The molecule has 0 aromatic carbocycles. The Morgan fingerprint density at radius 2 is 2.14 bits per heavy atom. The maximum absolute atomic E-state index is 5.75. The third kappa shape index (κ3) is 3.00. The summed E-state index contributed by atoms with van der Waals surface area (Å²) in [6, 6.07) is 10.7. The van der Waals surface area contributed by atoms with Gasteiger partial charge in [-0.25, -0.2) is 4.68 Å². The average molecular weight is 429 g/mol. The minimum absolute atomic E-state index is 0.260. The van der Waals surface area contributed by atoms with E-state index in [4.69, 9.17) is 21.7 Å². The van der Waals surface area contributed by atoms with Crippen LogP contribution in [0, 0.1) is 4.77 Å². The van der Waals surface area contributed by atoms with Gasteiger partial charge in [-0.05, 0) is 66.2 Å². The molecule has 0 N–H and O–H groups in total. The molecule has 8 heteroatoms. The van der Waals surface area contributed by atoms with Gasteiger partial charge in [0.15, 0.2) is 16.4 Å². The highest BCUT2D eigenvalue weighted by molar-refractivity contribution is 7.71. The number of hydrogen-bond acceptors (Lipinski definition) is 6. The zero-order valence-corrected chi connectivity index (χ0v) is 17.9. The number of fused-ring (bicyclic) bond motifs is 1. The molecule has 5 nitrogen and oxygen atoms in total. The van der Waals surface area contributed by atoms with Gasteiger partial charge in [0.25, 0.3) is 0 Å². The summed E-state index contributed by atoms with van der Waals surface area (Å²) < 4.78 is 10.3. The first-order valence-electron chi connectivity index (χ1n) is 9.31. The highest BCUT2D eigenvalue weighted by atomic mass is 32.1. The third-order valence-corrected chi connectivity index (χ3v) is 7.53. The molecule has 144 valence electrons. The van der Waals surface area contributed by atoms with Gasteiger partial charge in [-0.3, -0.25) is 9.47 Å². The lowest BCUT2D eigenvalue weighted by Crippen LogP contribution is -2.36. The van der Waals surface area contributed by atoms with Gasteiger partial charge >= 0.3 is 0 Å². The standard InChI is InChI=1S/C20H20N4OS3/c1-2-23-19(15-5-3-10-25-15)21-24(20(23)26)13-22-9-7-16-14(8-12-28-16)18(22)17-6-4-11-27-17/h3-6,8,10-12,18H,2,7,9,13H2,1H3/t18-/m1/s1. The average Bonchev–Trinajstić information content (AvgIpc) is 3.50. The Kier molecular flexibility index (Phi) is 4.80. The van der Waals surface area contributed by atoms with Crippen LogP contribution in [0.5, 0.6) is 0 Å². The lowest BCUT2D eigenvalue weighted by molar-refractivity contribution is 0.158. The minimum atomic E-state index is 0.260. The van der Waals surface area contributed by atoms with Crippen LogP contribution in [0.4, 0.5) is 0 Å². The molecule has 0 saturated carbocycles. The van der Waals surface area contributed by atoms with Crippen LogP contribution in [0.1, 0.15) is 28.3 Å². The zero-order valence-electron chi connectivity index (χ0n) is 15.4. The molecule has 0 saturated heterocycles. The zero-order chi connectivity index (χ0) is 19.1. The molecule has 0 amide bonds. The largest absolute Gasteiger partial charge is 0.461 e. The van der Waals surface area contributed by atoms with Crippen molar-refractivity contribution in [2.45, 2.75) is 32.6 Å². The SMILES string of the molecule is CCn1c(-c2ccco2)nn(CN2CCc3sccc3[C@@H]2c2cccs2)c1=S. The van der Waals surface area contributed by atoms with E-state index in [1.807, 2.05) is 44.1 Å². The fourth-order valence-electron chi connectivity index (χ4n) is 3.88. The maximum Gasteiger partial charge on any atom is 0.199 e. The smallest absolute Gasteiger partial charge is 0.199 e. The molecule has 0 unspecified atom stereocenters. The van der Waals surface area contributed by atoms with E-state index in [0.717, 1.165) is 35.9 Å². The number of nitrogens with zero attached hydrogens (tertiary/aromatic N) is 4. The van der Waals surface area contributed by atoms with Crippen LogP contribution in [0.25, 0.3) is 11.6 Å². The van der Waals surface area contributed by atoms with Gasteiger partial charge in [-0.1, -0.05) is 6.07 Å². The quantitative estimate of drug-likeness (QED) is 0.398. The number of rotatable bonds is 5. The van der Waals surface area contributed by atoms with E-state index in [-0.39, 0.29) is 6.04 Å². The molecule has 0 aliphatic carbocycles. The van der Waals surface area contributed by atoms with Gasteiger partial charge in [-0.15, -0.1) is 27.8 Å². The summed E-state index contributed by atoms with van der Waals surface area (Å²) in [5.41, 5.74) is 1.42. The number of furan rings is 1. The summed E-state index contributed by atoms with van der Waals surface area (Å²) in [6.45, 7) is 4.50. The van der Waals surface area contributed by atoms with Crippen LogP contribution >= 0.6 is 34.9 Å². The monoisotopic (exact) mass is 428 g/mol. The predicted octanol–water partition coefficient (Wildman–Crippen LogP) is 5.42. The molecule has 1 aliphatic rings. The van der Waals surface area contributed by atoms with Crippen LogP contribution in [0.3, 0.4) is 0 Å². The molecular weight excluding hydrogens is 408 g/mol. The Hall–Kier alpha value is -2.00. The second kappa shape index (κ2) is 7.44. The van der Waals surface area contributed by atoms with Crippen molar-refractivity contribution in [3.63, 3.8) is 0 Å². The third-order valence-electron chi connectivity index (χ3n) is 5.17. The first kappa shape index (κ1) is 18.1. The summed E-state index contributed by atoms with van der Waals surface area (Å²) in [7, 11) is 0. The van der Waals surface area contributed by atoms with Crippen LogP contribution in [-0.4, -0.2) is 25.8 Å². The number of thiophene rings is 2. The van der Waals surface area contributed by atoms with Gasteiger partial charge < -0.3 is 4.42 Å². The minimum Gasteiger partial charge on any atom is -0.461 e. The van der Waals surface area contributed by atoms with Crippen molar-refractivity contribution in [2.75, 3.05) is 6.54 Å². The van der Waals surface area contributed by atoms with E-state index in [9.17, 15) is 0 Å². The molecule has 0 fully saturated rings. The molecule has 0 bridgehead atoms. The van der Waals surface area contributed by atoms with Crippen molar-refractivity contribution in [3.8, 4) is 11.6 Å². The Balaban J connectivity index is 1.53. The molecular formula is C20H20N4OS3. The predicted molar refractivity (Wildman–Crippen MR) is 115 cm³/mol. The summed E-state index contributed by atoms with van der Waals surface area (Å²) in [4.78, 5) is 5.34. The van der Waals surface area contributed by atoms with Crippen molar-refractivity contribution in [3.05, 3.63) is 67.4 Å². The molecule has 1 aliphatic heterocycles. The molecule has 5 rings (SSSR count). The summed E-state index contributed by atoms with van der Waals surface area (Å²) >= 11 is 9.43. The fourth-order valence-corrected chi connectivity index (χ4v) is 5.97. The highest BCUT2D eigenvalue weighted by Crippen LogP contribution is 2.39. The first-order valence-corrected chi connectivity index (χ1v) is 11.5. The fraction of sp³-hybridized carbons (Fsp3) is 0.300. The summed E-state index contributed by atoms with van der Waals surface area (Å²) in [5.74, 6) is 1.54. The van der Waals surface area contributed by atoms with Gasteiger partial charge in [0, 0.05) is 22.8 Å². The second-order valence-corrected chi connectivity index (χ2v) is 9.09. The van der Waals surface area contributed by atoms with Crippen molar-refractivity contribution in [1.29, 1.82) is 0 Å². The van der Waals surface area contributed by atoms with Gasteiger partial charge in [0.05, 0.1) is 19.0 Å². The molecule has 4 aromatic rings. The lowest BCUT2D eigenvalue weighted by atomic mass is 9.99. The van der Waals surface area contributed by atoms with Crippen molar-refractivity contribution < 1.29 is 4.42 Å². The number of aromatic nitrogens is 3. The van der Waals surface area contributed by atoms with E-state index in [1.54, 1.807) is 6.26 Å². The Morgan fingerprint density at radius 1 is 1.21 bits per heavy atom. The highest BCUT2D eigenvalue weighted by Gasteiger charge is 2.31. The van der Waals surface area contributed by atoms with Crippen molar-refractivity contribution in [1.82, 2.24) is 19.2 Å². The van der Waals surface area contributed by atoms with E-state index in [2.05, 4.69) is 40.8 Å². The maximum atomic E-state index is 5.75. The van der Waals surface area contributed by atoms with E-state index >= 15 is 0 Å². The topological polar surface area (TPSA) is 39.1 Å². The summed E-state index contributed by atoms with van der Waals surface area (Å²) in [5, 5.41) is 9.19. The summed E-state index contributed by atoms with van der Waals surface area (Å²) in [6.07, 6.45) is 2.74. The molecule has 28 heavy (non-hydrogen) atoms. The Labute approximate surface area is 176 Å². The molecule has 5 heterocycles. The van der Waals surface area contributed by atoms with Crippen LogP contribution in [0.2, 0.25) is 0 Å².